The summed E-state index contributed by atoms with van der Waals surface area (Å²) in [5.41, 5.74) is 4.18. The summed E-state index contributed by atoms with van der Waals surface area (Å²) in [4.78, 5) is 2.46. The number of hydrogen-bond donors (Lipinski definition) is 0. The molecule has 2 heteroatoms. The van der Waals surface area contributed by atoms with Crippen LogP contribution in [0.15, 0.2) is 42.5 Å². The van der Waals surface area contributed by atoms with Gasteiger partial charge in [0.15, 0.2) is 0 Å². The van der Waals surface area contributed by atoms with Gasteiger partial charge in [-0.2, -0.15) is 0 Å². The predicted octanol–water partition coefficient (Wildman–Crippen LogP) is 5.12. The average molecular weight is 307 g/mol. The van der Waals surface area contributed by atoms with E-state index >= 15 is 0 Å². The summed E-state index contributed by atoms with van der Waals surface area (Å²) in [6, 6.07) is 15.4. The lowest BCUT2D eigenvalue weighted by Gasteiger charge is -2.36. The number of likely N-dealkylation sites (tertiary alicyclic amines) is 1. The molecule has 2 aromatic rings. The Morgan fingerprint density at radius 2 is 1.78 bits per heavy atom. The van der Waals surface area contributed by atoms with E-state index in [2.05, 4.69) is 68.3 Å². The molecule has 1 fully saturated rings. The van der Waals surface area contributed by atoms with Gasteiger partial charge in [-0.05, 0) is 55.1 Å². The highest BCUT2D eigenvalue weighted by Gasteiger charge is 2.36. The Kier molecular flexibility index (Phi) is 3.65. The number of para-hydroxylation sites is 1. The summed E-state index contributed by atoms with van der Waals surface area (Å²) in [6.45, 7) is 6.79. The van der Waals surface area contributed by atoms with Crippen molar-refractivity contribution in [3.63, 3.8) is 0 Å². The first-order valence-electron chi connectivity index (χ1n) is 8.72. The number of nitrogens with zero attached hydrogens (tertiary/aromatic N) is 1. The molecule has 0 bridgehead atoms. The third-order valence-corrected chi connectivity index (χ3v) is 5.45. The molecule has 0 radical (unpaired) electrons. The quantitative estimate of drug-likeness (QED) is 0.725. The summed E-state index contributed by atoms with van der Waals surface area (Å²) < 4.78 is 6.35. The predicted molar refractivity (Wildman–Crippen MR) is 94.6 cm³/mol. The molecule has 1 saturated heterocycles. The van der Waals surface area contributed by atoms with Crippen molar-refractivity contribution in [3.05, 3.63) is 59.2 Å². The van der Waals surface area contributed by atoms with Crippen LogP contribution in [-0.2, 0) is 0 Å². The highest BCUT2D eigenvalue weighted by Crippen LogP contribution is 2.49. The number of likely N-dealkylation sites (N-methyl/N-ethyl adjacent to an activating group) is 1. The molecule has 0 aromatic heterocycles. The minimum atomic E-state index is 0.520. The summed E-state index contributed by atoms with van der Waals surface area (Å²) in [5.74, 6) is 3.72. The molecule has 2 aliphatic rings. The van der Waals surface area contributed by atoms with E-state index < -0.39 is 0 Å². The van der Waals surface area contributed by atoms with Gasteiger partial charge in [-0.3, -0.25) is 0 Å². The van der Waals surface area contributed by atoms with E-state index in [1.807, 2.05) is 0 Å². The Balaban J connectivity index is 1.88. The van der Waals surface area contributed by atoms with E-state index in [0.717, 1.165) is 24.6 Å². The van der Waals surface area contributed by atoms with Crippen LogP contribution in [0.25, 0.3) is 0 Å². The van der Waals surface area contributed by atoms with Gasteiger partial charge in [0.2, 0.25) is 0 Å². The topological polar surface area (TPSA) is 12.5 Å². The molecule has 0 saturated carbocycles. The fourth-order valence-electron chi connectivity index (χ4n) is 4.11. The van der Waals surface area contributed by atoms with E-state index in [-0.39, 0.29) is 0 Å². The molecule has 0 amide bonds. The lowest BCUT2D eigenvalue weighted by atomic mass is 9.76. The number of ether oxygens (including phenoxy) is 1. The summed E-state index contributed by atoms with van der Waals surface area (Å²) >= 11 is 0. The first kappa shape index (κ1) is 14.8. The van der Waals surface area contributed by atoms with Gasteiger partial charge < -0.3 is 9.64 Å². The van der Waals surface area contributed by atoms with Crippen molar-refractivity contribution in [2.45, 2.75) is 38.0 Å². The van der Waals surface area contributed by atoms with Crippen LogP contribution in [-0.4, -0.2) is 25.0 Å². The Bertz CT molecular complexity index is 722. The third kappa shape index (κ3) is 2.55. The average Bonchev–Trinajstić information content (AvgIpc) is 2.68. The zero-order chi connectivity index (χ0) is 16.0. The van der Waals surface area contributed by atoms with Crippen LogP contribution < -0.4 is 4.74 Å². The van der Waals surface area contributed by atoms with Crippen molar-refractivity contribution in [3.8, 4) is 11.5 Å². The van der Waals surface area contributed by atoms with Crippen molar-refractivity contribution < 1.29 is 4.74 Å². The van der Waals surface area contributed by atoms with Crippen molar-refractivity contribution >= 4 is 0 Å². The van der Waals surface area contributed by atoms with Crippen molar-refractivity contribution in [2.24, 2.45) is 0 Å². The van der Waals surface area contributed by atoms with Crippen LogP contribution in [0.1, 0.15) is 54.7 Å². The lowest BCUT2D eigenvalue weighted by molar-refractivity contribution is 0.228. The van der Waals surface area contributed by atoms with Crippen LogP contribution in [0.3, 0.4) is 0 Å². The highest BCUT2D eigenvalue weighted by molar-refractivity contribution is 5.51. The molecule has 0 aliphatic carbocycles. The fraction of sp³-hybridized carbons (Fsp3) is 0.429. The van der Waals surface area contributed by atoms with Gasteiger partial charge >= 0.3 is 0 Å². The number of benzene rings is 2. The zero-order valence-electron chi connectivity index (χ0n) is 14.3. The molecule has 4 rings (SSSR count). The van der Waals surface area contributed by atoms with Gasteiger partial charge in [-0.25, -0.2) is 0 Å². The molecule has 2 aliphatic heterocycles. The Hall–Kier alpha value is -1.80. The zero-order valence-corrected chi connectivity index (χ0v) is 14.3. The summed E-state index contributed by atoms with van der Waals surface area (Å²) in [5, 5.41) is 0. The van der Waals surface area contributed by atoms with Crippen LogP contribution in [0.4, 0.5) is 0 Å². The van der Waals surface area contributed by atoms with E-state index in [1.165, 1.54) is 23.1 Å². The minimum Gasteiger partial charge on any atom is -0.457 e. The summed E-state index contributed by atoms with van der Waals surface area (Å²) in [7, 11) is 2.24. The van der Waals surface area contributed by atoms with Gasteiger partial charge in [0.1, 0.15) is 11.5 Å². The molecule has 2 nitrogen and oxygen atoms in total. The van der Waals surface area contributed by atoms with Crippen LogP contribution in [0.2, 0.25) is 0 Å². The number of hydrogen-bond acceptors (Lipinski definition) is 2. The Morgan fingerprint density at radius 1 is 1.00 bits per heavy atom. The molecule has 23 heavy (non-hydrogen) atoms. The molecular formula is C21H25NO. The second-order valence-electron chi connectivity index (χ2n) is 7.36. The highest BCUT2D eigenvalue weighted by atomic mass is 16.5. The maximum absolute atomic E-state index is 6.35. The van der Waals surface area contributed by atoms with E-state index in [1.54, 1.807) is 0 Å². The van der Waals surface area contributed by atoms with Crippen LogP contribution in [0, 0.1) is 0 Å². The van der Waals surface area contributed by atoms with Crippen molar-refractivity contribution in [2.75, 3.05) is 20.1 Å². The molecule has 0 unspecified atom stereocenters. The molecule has 0 N–H and O–H groups in total. The second-order valence-corrected chi connectivity index (χ2v) is 7.36. The lowest BCUT2D eigenvalue weighted by Crippen LogP contribution is -2.35. The van der Waals surface area contributed by atoms with Crippen LogP contribution in [0.5, 0.6) is 11.5 Å². The van der Waals surface area contributed by atoms with E-state index in [9.17, 15) is 0 Å². The molecule has 2 heterocycles. The first-order valence-corrected chi connectivity index (χ1v) is 8.72. The van der Waals surface area contributed by atoms with Gasteiger partial charge in [0.05, 0.1) is 0 Å². The molecular weight excluding hydrogens is 282 g/mol. The maximum Gasteiger partial charge on any atom is 0.131 e. The van der Waals surface area contributed by atoms with E-state index in [4.69, 9.17) is 4.74 Å². The smallest absolute Gasteiger partial charge is 0.131 e. The minimum absolute atomic E-state index is 0.520. The molecule has 0 spiro atoms. The van der Waals surface area contributed by atoms with Gasteiger partial charge in [0, 0.05) is 18.0 Å². The molecule has 2 atom stereocenters. The standard InChI is InChI=1S/C21H25NO/c1-14(2)15-8-9-21-18(12-15)19-13-22(3)11-10-16(19)17-6-4-5-7-20(17)23-21/h4-9,12,14,16,19H,10-11,13H2,1-3H3/t16-,19-/m0/s1. The number of rotatable bonds is 1. The van der Waals surface area contributed by atoms with Crippen LogP contribution >= 0.6 is 0 Å². The van der Waals surface area contributed by atoms with Gasteiger partial charge in [0.25, 0.3) is 0 Å². The Morgan fingerprint density at radius 3 is 2.61 bits per heavy atom. The molecule has 2 aromatic carbocycles. The second kappa shape index (κ2) is 5.68. The largest absolute Gasteiger partial charge is 0.457 e. The number of fused-ring (bicyclic) bond motifs is 5. The Labute approximate surface area is 139 Å². The number of piperidine rings is 1. The summed E-state index contributed by atoms with van der Waals surface area (Å²) in [6.07, 6.45) is 1.20. The van der Waals surface area contributed by atoms with Gasteiger partial charge in [-0.1, -0.05) is 44.2 Å². The monoisotopic (exact) mass is 307 g/mol. The van der Waals surface area contributed by atoms with Crippen molar-refractivity contribution in [1.82, 2.24) is 4.90 Å². The SMILES string of the molecule is CC(C)c1ccc2c(c1)[C@H]1CN(C)CC[C@H]1c1ccccc1O2. The normalized spacial score (nSPS) is 23.5. The fourth-order valence-corrected chi connectivity index (χ4v) is 4.11. The van der Waals surface area contributed by atoms with Gasteiger partial charge in [-0.15, -0.1) is 0 Å². The van der Waals surface area contributed by atoms with Crippen molar-refractivity contribution in [1.29, 1.82) is 0 Å². The maximum atomic E-state index is 6.35. The third-order valence-electron chi connectivity index (χ3n) is 5.45. The first-order chi connectivity index (χ1) is 11.1. The molecule has 120 valence electrons. The van der Waals surface area contributed by atoms with E-state index in [0.29, 0.717) is 17.8 Å².